The smallest absolute Gasteiger partial charge is 0.0637 e. The Labute approximate surface area is 101 Å². The molecule has 0 spiro atoms. The van der Waals surface area contributed by atoms with Gasteiger partial charge in [0, 0.05) is 18.1 Å². The van der Waals surface area contributed by atoms with Crippen LogP contribution in [0.15, 0.2) is 24.3 Å². The Hall–Kier alpha value is -0.730. The molecule has 1 aromatic rings. The standard InChI is InChI=1S/C13H17ClN2/c14-12-3-1-2-4-13(12)16-11-7-9-5-6-10(8-11)15-9/h1-4,9-11,15-16H,5-8H2. The molecule has 2 fully saturated rings. The number of halogens is 1. The third-order valence-corrected chi connectivity index (χ3v) is 4.04. The zero-order chi connectivity index (χ0) is 11.0. The first kappa shape index (κ1) is 10.4. The van der Waals surface area contributed by atoms with Crippen LogP contribution in [0.2, 0.25) is 5.02 Å². The average molecular weight is 237 g/mol. The van der Waals surface area contributed by atoms with Crippen molar-refractivity contribution >= 4 is 17.3 Å². The van der Waals surface area contributed by atoms with E-state index >= 15 is 0 Å². The van der Waals surface area contributed by atoms with Gasteiger partial charge in [-0.1, -0.05) is 23.7 Å². The summed E-state index contributed by atoms with van der Waals surface area (Å²) in [5, 5.41) is 8.05. The summed E-state index contributed by atoms with van der Waals surface area (Å²) in [6.45, 7) is 0. The van der Waals surface area contributed by atoms with Crippen molar-refractivity contribution in [3.63, 3.8) is 0 Å². The Balaban J connectivity index is 1.69. The maximum absolute atomic E-state index is 6.15. The molecular formula is C13H17ClN2. The van der Waals surface area contributed by atoms with Crippen LogP contribution in [0.25, 0.3) is 0 Å². The van der Waals surface area contributed by atoms with E-state index in [2.05, 4.69) is 16.7 Å². The quantitative estimate of drug-likeness (QED) is 0.825. The van der Waals surface area contributed by atoms with Crippen molar-refractivity contribution in [1.82, 2.24) is 5.32 Å². The lowest BCUT2D eigenvalue weighted by atomic mass is 9.99. The zero-order valence-corrected chi connectivity index (χ0v) is 10.0. The van der Waals surface area contributed by atoms with Gasteiger partial charge in [0.05, 0.1) is 10.7 Å². The highest BCUT2D eigenvalue weighted by Gasteiger charge is 2.33. The van der Waals surface area contributed by atoms with Gasteiger partial charge in [-0.05, 0) is 37.8 Å². The molecule has 2 bridgehead atoms. The van der Waals surface area contributed by atoms with Crippen LogP contribution >= 0.6 is 11.6 Å². The van der Waals surface area contributed by atoms with E-state index in [0.29, 0.717) is 6.04 Å². The van der Waals surface area contributed by atoms with E-state index in [9.17, 15) is 0 Å². The molecule has 16 heavy (non-hydrogen) atoms. The zero-order valence-electron chi connectivity index (χ0n) is 9.25. The van der Waals surface area contributed by atoms with Crippen LogP contribution in [-0.4, -0.2) is 18.1 Å². The van der Waals surface area contributed by atoms with Crippen LogP contribution in [0, 0.1) is 0 Å². The molecule has 2 aliphatic heterocycles. The number of benzene rings is 1. The lowest BCUT2D eigenvalue weighted by Gasteiger charge is -2.30. The fourth-order valence-corrected chi connectivity index (χ4v) is 3.16. The van der Waals surface area contributed by atoms with Crippen molar-refractivity contribution in [1.29, 1.82) is 0 Å². The summed E-state index contributed by atoms with van der Waals surface area (Å²) in [4.78, 5) is 0. The van der Waals surface area contributed by atoms with Gasteiger partial charge < -0.3 is 10.6 Å². The van der Waals surface area contributed by atoms with Crippen molar-refractivity contribution in [2.24, 2.45) is 0 Å². The minimum absolute atomic E-state index is 0.582. The van der Waals surface area contributed by atoms with Crippen molar-refractivity contribution in [2.75, 3.05) is 5.32 Å². The molecule has 0 radical (unpaired) electrons. The molecule has 2 nitrogen and oxygen atoms in total. The number of anilines is 1. The van der Waals surface area contributed by atoms with Crippen LogP contribution in [0.5, 0.6) is 0 Å². The van der Waals surface area contributed by atoms with E-state index in [0.717, 1.165) is 22.8 Å². The van der Waals surface area contributed by atoms with Crippen LogP contribution in [0.4, 0.5) is 5.69 Å². The van der Waals surface area contributed by atoms with E-state index in [4.69, 9.17) is 11.6 Å². The van der Waals surface area contributed by atoms with Gasteiger partial charge in [0.15, 0.2) is 0 Å². The van der Waals surface area contributed by atoms with Crippen LogP contribution in [0.1, 0.15) is 25.7 Å². The largest absolute Gasteiger partial charge is 0.381 e. The lowest BCUT2D eigenvalue weighted by molar-refractivity contribution is 0.378. The first-order valence-corrected chi connectivity index (χ1v) is 6.46. The van der Waals surface area contributed by atoms with Crippen molar-refractivity contribution in [3.05, 3.63) is 29.3 Å². The van der Waals surface area contributed by atoms with Gasteiger partial charge in [0.1, 0.15) is 0 Å². The number of hydrogen-bond acceptors (Lipinski definition) is 2. The van der Waals surface area contributed by atoms with Gasteiger partial charge >= 0.3 is 0 Å². The van der Waals surface area contributed by atoms with Crippen LogP contribution in [0.3, 0.4) is 0 Å². The summed E-state index contributed by atoms with van der Waals surface area (Å²) in [6.07, 6.45) is 5.13. The third kappa shape index (κ3) is 2.04. The minimum atomic E-state index is 0.582. The number of rotatable bonds is 2. The van der Waals surface area contributed by atoms with Gasteiger partial charge in [-0.25, -0.2) is 0 Å². The van der Waals surface area contributed by atoms with Crippen molar-refractivity contribution < 1.29 is 0 Å². The minimum Gasteiger partial charge on any atom is -0.381 e. The number of nitrogens with one attached hydrogen (secondary N) is 2. The molecule has 2 aliphatic rings. The molecule has 2 heterocycles. The second-order valence-electron chi connectivity index (χ2n) is 4.93. The fraction of sp³-hybridized carbons (Fsp3) is 0.538. The molecule has 0 aliphatic carbocycles. The first-order chi connectivity index (χ1) is 7.81. The first-order valence-electron chi connectivity index (χ1n) is 6.08. The van der Waals surface area contributed by atoms with Gasteiger partial charge in [-0.3, -0.25) is 0 Å². The monoisotopic (exact) mass is 236 g/mol. The van der Waals surface area contributed by atoms with Gasteiger partial charge in [0.25, 0.3) is 0 Å². The number of para-hydroxylation sites is 1. The highest BCUT2D eigenvalue weighted by molar-refractivity contribution is 6.33. The second-order valence-corrected chi connectivity index (χ2v) is 5.34. The molecule has 2 atom stereocenters. The molecule has 3 rings (SSSR count). The Morgan fingerprint density at radius 2 is 1.81 bits per heavy atom. The summed E-state index contributed by atoms with van der Waals surface area (Å²) >= 11 is 6.15. The maximum atomic E-state index is 6.15. The summed E-state index contributed by atoms with van der Waals surface area (Å²) in [5.74, 6) is 0. The predicted octanol–water partition coefficient (Wildman–Crippen LogP) is 3.03. The van der Waals surface area contributed by atoms with Gasteiger partial charge in [0.2, 0.25) is 0 Å². The summed E-state index contributed by atoms with van der Waals surface area (Å²) in [5.41, 5.74) is 1.08. The van der Waals surface area contributed by atoms with Gasteiger partial charge in [-0.15, -0.1) is 0 Å². The highest BCUT2D eigenvalue weighted by atomic mass is 35.5. The average Bonchev–Trinajstić information content (AvgIpc) is 2.62. The molecule has 2 saturated heterocycles. The molecule has 0 aromatic heterocycles. The van der Waals surface area contributed by atoms with E-state index in [-0.39, 0.29) is 0 Å². The number of hydrogen-bond donors (Lipinski definition) is 2. The Morgan fingerprint density at radius 3 is 2.50 bits per heavy atom. The molecule has 2 unspecified atom stereocenters. The fourth-order valence-electron chi connectivity index (χ4n) is 2.97. The molecule has 2 N–H and O–H groups in total. The number of fused-ring (bicyclic) bond motifs is 2. The van der Waals surface area contributed by atoms with Crippen molar-refractivity contribution in [3.8, 4) is 0 Å². The molecule has 3 heteroatoms. The normalized spacial score (nSPS) is 32.7. The van der Waals surface area contributed by atoms with Crippen LogP contribution in [-0.2, 0) is 0 Å². The van der Waals surface area contributed by atoms with Crippen molar-refractivity contribution in [2.45, 2.75) is 43.8 Å². The molecule has 0 saturated carbocycles. The Bertz CT molecular complexity index is 368. The highest BCUT2D eigenvalue weighted by Crippen LogP contribution is 2.30. The molecule has 86 valence electrons. The topological polar surface area (TPSA) is 24.1 Å². The predicted molar refractivity (Wildman–Crippen MR) is 68.0 cm³/mol. The van der Waals surface area contributed by atoms with E-state index in [1.54, 1.807) is 0 Å². The van der Waals surface area contributed by atoms with Gasteiger partial charge in [-0.2, -0.15) is 0 Å². The SMILES string of the molecule is Clc1ccccc1NC1CC2CCC(C1)N2. The number of piperidine rings is 1. The Kier molecular flexibility index (Phi) is 2.78. The van der Waals surface area contributed by atoms with Crippen LogP contribution < -0.4 is 10.6 Å². The van der Waals surface area contributed by atoms with E-state index in [1.165, 1.54) is 25.7 Å². The summed E-state index contributed by atoms with van der Waals surface area (Å²) in [6, 6.07) is 10.0. The molecule has 0 amide bonds. The molecule has 1 aromatic carbocycles. The van der Waals surface area contributed by atoms with E-state index in [1.807, 2.05) is 18.2 Å². The van der Waals surface area contributed by atoms with E-state index < -0.39 is 0 Å². The lowest BCUT2D eigenvalue weighted by Crippen LogP contribution is -2.43. The second kappa shape index (κ2) is 4.27. The summed E-state index contributed by atoms with van der Waals surface area (Å²) in [7, 11) is 0. The Morgan fingerprint density at radius 1 is 1.12 bits per heavy atom. The summed E-state index contributed by atoms with van der Waals surface area (Å²) < 4.78 is 0. The third-order valence-electron chi connectivity index (χ3n) is 3.71. The maximum Gasteiger partial charge on any atom is 0.0637 e. The molecular weight excluding hydrogens is 220 g/mol.